The van der Waals surface area contributed by atoms with Gasteiger partial charge in [-0.3, -0.25) is 14.4 Å². The van der Waals surface area contributed by atoms with E-state index in [4.69, 9.17) is 16.3 Å². The fourth-order valence-electron chi connectivity index (χ4n) is 3.24. The molecular formula is C22H23ClN2O4. The zero-order valence-electron chi connectivity index (χ0n) is 16.4. The Hall–Kier alpha value is -2.86. The van der Waals surface area contributed by atoms with Gasteiger partial charge in [-0.2, -0.15) is 0 Å². The Balaban J connectivity index is 1.51. The van der Waals surface area contributed by atoms with Crippen LogP contribution in [0.15, 0.2) is 42.5 Å². The Kier molecular flexibility index (Phi) is 6.54. The molecule has 6 nitrogen and oxygen atoms in total. The topological polar surface area (TPSA) is 75.7 Å². The average Bonchev–Trinajstić information content (AvgIpc) is 3.06. The monoisotopic (exact) mass is 414 g/mol. The van der Waals surface area contributed by atoms with Crippen molar-refractivity contribution in [2.45, 2.75) is 26.8 Å². The molecular weight excluding hydrogens is 392 g/mol. The van der Waals surface area contributed by atoms with Crippen LogP contribution in [0.4, 0.5) is 5.69 Å². The van der Waals surface area contributed by atoms with Gasteiger partial charge in [0.2, 0.25) is 5.91 Å². The van der Waals surface area contributed by atoms with E-state index in [1.165, 1.54) is 0 Å². The predicted octanol–water partition coefficient (Wildman–Crippen LogP) is 3.49. The molecule has 1 saturated heterocycles. The molecule has 1 fully saturated rings. The number of esters is 1. The molecule has 2 aromatic carbocycles. The summed E-state index contributed by atoms with van der Waals surface area (Å²) in [6.45, 7) is 4.07. The number of aryl methyl sites for hydroxylation is 1. The standard InChI is InChI=1S/C22H23ClN2O4/c1-14-6-5-9-19(15(14)2)24-20(26)13-29-22(28)17-10-21(27)25(12-17)11-16-7-3-4-8-18(16)23/h3-9,17H,10-13H2,1-2H3,(H,24,26)/t17-/m0/s1. The third-order valence-electron chi connectivity index (χ3n) is 5.09. The molecule has 3 rings (SSSR count). The minimum absolute atomic E-state index is 0.0713. The second-order valence-electron chi connectivity index (χ2n) is 7.17. The van der Waals surface area contributed by atoms with Crippen LogP contribution in [0.5, 0.6) is 0 Å². The molecule has 0 bridgehead atoms. The Morgan fingerprint density at radius 3 is 2.69 bits per heavy atom. The lowest BCUT2D eigenvalue weighted by atomic mass is 10.1. The van der Waals surface area contributed by atoms with Crippen molar-refractivity contribution in [1.29, 1.82) is 0 Å². The van der Waals surface area contributed by atoms with Crippen LogP contribution in [-0.4, -0.2) is 35.8 Å². The summed E-state index contributed by atoms with van der Waals surface area (Å²) in [4.78, 5) is 38.3. The number of likely N-dealkylation sites (tertiary alicyclic amines) is 1. The third kappa shape index (κ3) is 5.15. The van der Waals surface area contributed by atoms with Crippen molar-refractivity contribution in [1.82, 2.24) is 4.90 Å². The number of halogens is 1. The molecule has 0 unspecified atom stereocenters. The summed E-state index contributed by atoms with van der Waals surface area (Å²) in [6, 6.07) is 12.9. The summed E-state index contributed by atoms with van der Waals surface area (Å²) in [7, 11) is 0. The number of amides is 2. The number of nitrogens with one attached hydrogen (secondary N) is 1. The lowest BCUT2D eigenvalue weighted by Crippen LogP contribution is -2.28. The van der Waals surface area contributed by atoms with Gasteiger partial charge in [-0.05, 0) is 42.7 Å². The molecule has 0 spiro atoms. The van der Waals surface area contributed by atoms with E-state index in [1.807, 2.05) is 44.2 Å². The van der Waals surface area contributed by atoms with Crippen LogP contribution >= 0.6 is 11.6 Å². The van der Waals surface area contributed by atoms with Gasteiger partial charge in [0.1, 0.15) is 0 Å². The highest BCUT2D eigenvalue weighted by Crippen LogP contribution is 2.24. The third-order valence-corrected chi connectivity index (χ3v) is 5.46. The van der Waals surface area contributed by atoms with Crippen molar-refractivity contribution >= 4 is 35.1 Å². The van der Waals surface area contributed by atoms with Gasteiger partial charge in [0.05, 0.1) is 5.92 Å². The van der Waals surface area contributed by atoms with Crippen molar-refractivity contribution in [3.63, 3.8) is 0 Å². The fraction of sp³-hybridized carbons (Fsp3) is 0.318. The van der Waals surface area contributed by atoms with E-state index in [1.54, 1.807) is 17.0 Å². The SMILES string of the molecule is Cc1cccc(NC(=O)COC(=O)[C@H]2CC(=O)N(Cc3ccccc3Cl)C2)c1C. The molecule has 0 aliphatic carbocycles. The van der Waals surface area contributed by atoms with Crippen LogP contribution < -0.4 is 5.32 Å². The van der Waals surface area contributed by atoms with Crippen molar-refractivity contribution in [2.75, 3.05) is 18.5 Å². The summed E-state index contributed by atoms with van der Waals surface area (Å²) in [5, 5.41) is 3.32. The Labute approximate surface area is 174 Å². The first-order valence-corrected chi connectivity index (χ1v) is 9.77. The molecule has 152 valence electrons. The van der Waals surface area contributed by atoms with E-state index >= 15 is 0 Å². The quantitative estimate of drug-likeness (QED) is 0.734. The molecule has 1 atom stereocenters. The lowest BCUT2D eigenvalue weighted by Gasteiger charge is -2.17. The van der Waals surface area contributed by atoms with Gasteiger partial charge in [0, 0.05) is 30.2 Å². The summed E-state index contributed by atoms with van der Waals surface area (Å²) in [5.41, 5.74) is 3.53. The highest BCUT2D eigenvalue weighted by Gasteiger charge is 2.35. The highest BCUT2D eigenvalue weighted by atomic mass is 35.5. The number of rotatable bonds is 6. The second kappa shape index (κ2) is 9.09. The number of carbonyl (C=O) groups excluding carboxylic acids is 3. The highest BCUT2D eigenvalue weighted by molar-refractivity contribution is 6.31. The van der Waals surface area contributed by atoms with Gasteiger partial charge in [-0.25, -0.2) is 0 Å². The van der Waals surface area contributed by atoms with Crippen molar-refractivity contribution in [3.8, 4) is 0 Å². The van der Waals surface area contributed by atoms with Crippen molar-refractivity contribution in [3.05, 3.63) is 64.2 Å². The zero-order chi connectivity index (χ0) is 21.0. The first-order chi connectivity index (χ1) is 13.8. The molecule has 0 saturated carbocycles. The number of carbonyl (C=O) groups is 3. The molecule has 1 heterocycles. The summed E-state index contributed by atoms with van der Waals surface area (Å²) in [6.07, 6.45) is 0.0713. The van der Waals surface area contributed by atoms with Crippen LogP contribution in [0.25, 0.3) is 0 Å². The van der Waals surface area contributed by atoms with E-state index in [9.17, 15) is 14.4 Å². The second-order valence-corrected chi connectivity index (χ2v) is 7.58. The van der Waals surface area contributed by atoms with Gasteiger partial charge in [0.15, 0.2) is 6.61 Å². The maximum absolute atomic E-state index is 12.3. The first kappa shape index (κ1) is 20.9. The maximum atomic E-state index is 12.3. The van der Waals surface area contributed by atoms with E-state index in [0.29, 0.717) is 17.3 Å². The number of hydrogen-bond acceptors (Lipinski definition) is 4. The molecule has 2 aromatic rings. The van der Waals surface area contributed by atoms with E-state index in [0.717, 1.165) is 16.7 Å². The summed E-state index contributed by atoms with van der Waals surface area (Å²) < 4.78 is 5.14. The maximum Gasteiger partial charge on any atom is 0.311 e. The van der Waals surface area contributed by atoms with E-state index < -0.39 is 17.8 Å². The zero-order valence-corrected chi connectivity index (χ0v) is 17.2. The minimum atomic E-state index is -0.585. The van der Waals surface area contributed by atoms with Gasteiger partial charge >= 0.3 is 5.97 Å². The van der Waals surface area contributed by atoms with Crippen molar-refractivity contribution in [2.24, 2.45) is 5.92 Å². The molecule has 0 aromatic heterocycles. The van der Waals surface area contributed by atoms with Gasteiger partial charge in [0.25, 0.3) is 5.91 Å². The largest absolute Gasteiger partial charge is 0.455 e. The van der Waals surface area contributed by atoms with Gasteiger partial charge < -0.3 is 15.0 Å². The van der Waals surface area contributed by atoms with Crippen LogP contribution in [0.2, 0.25) is 5.02 Å². The Morgan fingerprint density at radius 2 is 1.93 bits per heavy atom. The number of benzene rings is 2. The molecule has 7 heteroatoms. The molecule has 0 radical (unpaired) electrons. The first-order valence-electron chi connectivity index (χ1n) is 9.39. The predicted molar refractivity (Wildman–Crippen MR) is 110 cm³/mol. The average molecular weight is 415 g/mol. The molecule has 1 aliphatic rings. The Bertz CT molecular complexity index is 944. The van der Waals surface area contributed by atoms with Gasteiger partial charge in [-0.15, -0.1) is 0 Å². The number of hydrogen-bond donors (Lipinski definition) is 1. The molecule has 29 heavy (non-hydrogen) atoms. The van der Waals surface area contributed by atoms with Crippen LogP contribution in [0.3, 0.4) is 0 Å². The van der Waals surface area contributed by atoms with E-state index in [2.05, 4.69) is 5.32 Å². The summed E-state index contributed by atoms with van der Waals surface area (Å²) >= 11 is 6.15. The molecule has 2 amide bonds. The fourth-order valence-corrected chi connectivity index (χ4v) is 3.44. The van der Waals surface area contributed by atoms with Crippen LogP contribution in [0.1, 0.15) is 23.1 Å². The van der Waals surface area contributed by atoms with E-state index in [-0.39, 0.29) is 25.5 Å². The Morgan fingerprint density at radius 1 is 1.17 bits per heavy atom. The molecule has 1 aliphatic heterocycles. The number of ether oxygens (including phenoxy) is 1. The molecule has 1 N–H and O–H groups in total. The summed E-state index contributed by atoms with van der Waals surface area (Å²) in [5.74, 6) is -1.68. The van der Waals surface area contributed by atoms with Crippen LogP contribution in [-0.2, 0) is 25.7 Å². The van der Waals surface area contributed by atoms with Gasteiger partial charge in [-0.1, -0.05) is 41.9 Å². The van der Waals surface area contributed by atoms with Crippen LogP contribution in [0, 0.1) is 19.8 Å². The minimum Gasteiger partial charge on any atom is -0.455 e. The van der Waals surface area contributed by atoms with Crippen molar-refractivity contribution < 1.29 is 19.1 Å². The normalized spacial score (nSPS) is 16.0. The number of nitrogens with zero attached hydrogens (tertiary/aromatic N) is 1. The lowest BCUT2D eigenvalue weighted by molar-refractivity contribution is -0.151. The smallest absolute Gasteiger partial charge is 0.311 e. The number of anilines is 1.